The number of likely N-dealkylation sites (N-methyl/N-ethyl adjacent to an activating group) is 1. The minimum Gasteiger partial charge on any atom is -0.426 e. The molecule has 2 unspecified atom stereocenters. The first-order valence-corrected chi connectivity index (χ1v) is 17.4. The molecule has 6 nitrogen and oxygen atoms in total. The number of nitrogens with zero attached hydrogens (tertiary/aromatic N) is 2. The number of likely N-dealkylation sites (tertiary alicyclic amines) is 2. The van der Waals surface area contributed by atoms with Crippen LogP contribution in [0.1, 0.15) is 93.7 Å². The van der Waals surface area contributed by atoms with E-state index >= 15 is 0 Å². The molecule has 5 aliphatic rings. The highest BCUT2D eigenvalue weighted by molar-refractivity contribution is 5.93. The van der Waals surface area contributed by atoms with E-state index in [2.05, 4.69) is 24.1 Å². The minimum atomic E-state index is -0.599. The maximum absolute atomic E-state index is 13.9. The zero-order chi connectivity index (χ0) is 30.3. The average Bonchev–Trinajstić information content (AvgIpc) is 3.76. The molecule has 2 aromatic rings. The predicted octanol–water partition coefficient (Wildman–Crippen LogP) is 6.28. The second-order valence-electron chi connectivity index (χ2n) is 14.5. The summed E-state index contributed by atoms with van der Waals surface area (Å²) < 4.78 is 6.19. The first-order valence-electron chi connectivity index (χ1n) is 17.4. The number of carbonyl (C=O) groups is 3. The Morgan fingerprint density at radius 1 is 0.909 bits per heavy atom. The summed E-state index contributed by atoms with van der Waals surface area (Å²) >= 11 is 0. The highest BCUT2D eigenvalue weighted by atomic mass is 16.5. The summed E-state index contributed by atoms with van der Waals surface area (Å²) in [6.45, 7) is 1.77. The van der Waals surface area contributed by atoms with Gasteiger partial charge in [0.25, 0.3) is 0 Å². The average molecular weight is 597 g/mol. The van der Waals surface area contributed by atoms with E-state index in [1.165, 1.54) is 36.8 Å². The topological polar surface area (TPSA) is 66.9 Å². The molecule has 0 radical (unpaired) electrons. The highest BCUT2D eigenvalue weighted by Gasteiger charge is 2.53. The van der Waals surface area contributed by atoms with E-state index in [0.29, 0.717) is 37.1 Å². The number of Topliss-reactive ketones (excluding diaryl/α,β-unsaturated/α-hetero) is 1. The Balaban J connectivity index is 1.11. The smallest absolute Gasteiger partial charge is 0.315 e. The Labute approximate surface area is 262 Å². The van der Waals surface area contributed by atoms with Crippen molar-refractivity contribution < 1.29 is 19.1 Å². The molecule has 234 valence electrons. The zero-order valence-corrected chi connectivity index (χ0v) is 26.3. The number of hydrogen-bond donors (Lipinski definition) is 0. The van der Waals surface area contributed by atoms with Gasteiger partial charge in [-0.15, -0.1) is 0 Å². The summed E-state index contributed by atoms with van der Waals surface area (Å²) in [5, 5.41) is 0. The lowest BCUT2D eigenvalue weighted by molar-refractivity contribution is -0.144. The second-order valence-corrected chi connectivity index (χ2v) is 14.5. The predicted molar refractivity (Wildman–Crippen MR) is 170 cm³/mol. The van der Waals surface area contributed by atoms with Gasteiger partial charge in [0.05, 0.1) is 12.0 Å². The Hall–Kier alpha value is -2.99. The lowest BCUT2D eigenvalue weighted by atomic mass is 9.52. The van der Waals surface area contributed by atoms with Crippen molar-refractivity contribution in [3.63, 3.8) is 0 Å². The number of esters is 1. The summed E-state index contributed by atoms with van der Waals surface area (Å²) in [4.78, 5) is 45.5. The third-order valence-electron chi connectivity index (χ3n) is 12.0. The van der Waals surface area contributed by atoms with Crippen LogP contribution >= 0.6 is 0 Å². The quantitative estimate of drug-likeness (QED) is 0.265. The van der Waals surface area contributed by atoms with E-state index in [9.17, 15) is 14.4 Å². The number of benzene rings is 2. The highest BCUT2D eigenvalue weighted by Crippen LogP contribution is 2.56. The van der Waals surface area contributed by atoms with Gasteiger partial charge in [-0.2, -0.15) is 0 Å². The molecule has 4 fully saturated rings. The number of hydrogen-bond acceptors (Lipinski definition) is 5. The van der Waals surface area contributed by atoms with Gasteiger partial charge in [-0.3, -0.25) is 14.4 Å². The van der Waals surface area contributed by atoms with Crippen LogP contribution in [0.15, 0.2) is 48.5 Å². The van der Waals surface area contributed by atoms with Gasteiger partial charge in [-0.1, -0.05) is 62.1 Å². The molecule has 7 rings (SSSR count). The van der Waals surface area contributed by atoms with Crippen LogP contribution in [-0.4, -0.2) is 59.7 Å². The molecule has 2 heterocycles. The molecule has 1 amide bonds. The van der Waals surface area contributed by atoms with Crippen molar-refractivity contribution in [1.82, 2.24) is 9.80 Å². The third kappa shape index (κ3) is 5.52. The molecule has 0 aromatic heterocycles. The largest absolute Gasteiger partial charge is 0.426 e. The lowest BCUT2D eigenvalue weighted by Crippen LogP contribution is -2.59. The van der Waals surface area contributed by atoms with Crippen LogP contribution in [0.2, 0.25) is 0 Å². The van der Waals surface area contributed by atoms with Crippen LogP contribution in [0.3, 0.4) is 0 Å². The van der Waals surface area contributed by atoms with Crippen LogP contribution in [0, 0.1) is 17.8 Å². The van der Waals surface area contributed by atoms with Gasteiger partial charge in [0.1, 0.15) is 5.75 Å². The van der Waals surface area contributed by atoms with Crippen LogP contribution in [-0.2, 0) is 32.6 Å². The third-order valence-corrected chi connectivity index (χ3v) is 12.0. The molecular formula is C38H48N2O4. The Morgan fingerprint density at radius 2 is 1.70 bits per heavy atom. The van der Waals surface area contributed by atoms with Gasteiger partial charge in [0, 0.05) is 30.3 Å². The number of ketones is 1. The Morgan fingerprint density at radius 3 is 2.52 bits per heavy atom. The molecule has 2 aromatic carbocycles. The maximum Gasteiger partial charge on any atom is 0.315 e. The van der Waals surface area contributed by atoms with Gasteiger partial charge >= 0.3 is 5.97 Å². The van der Waals surface area contributed by atoms with Gasteiger partial charge in [0.15, 0.2) is 5.78 Å². The Kier molecular flexibility index (Phi) is 8.39. The van der Waals surface area contributed by atoms with E-state index in [-0.39, 0.29) is 35.4 Å². The number of piperidine rings is 1. The van der Waals surface area contributed by atoms with Crippen molar-refractivity contribution in [2.75, 3.05) is 20.1 Å². The lowest BCUT2D eigenvalue weighted by Gasteiger charge is -2.58. The summed E-state index contributed by atoms with van der Waals surface area (Å²) in [5.41, 5.74) is 4.01. The number of carbonyl (C=O) groups excluding carboxylic acids is 3. The summed E-state index contributed by atoms with van der Waals surface area (Å²) in [7, 11) is 2.29. The molecule has 0 N–H and O–H groups in total. The zero-order valence-electron chi connectivity index (χ0n) is 26.3. The van der Waals surface area contributed by atoms with Crippen LogP contribution in [0.25, 0.3) is 0 Å². The van der Waals surface area contributed by atoms with Gasteiger partial charge in [0.2, 0.25) is 5.91 Å². The number of amides is 1. The number of ether oxygens (including phenoxy) is 1. The first-order chi connectivity index (χ1) is 21.4. The molecule has 5 atom stereocenters. The van der Waals surface area contributed by atoms with E-state index in [1.54, 1.807) is 0 Å². The maximum atomic E-state index is 13.9. The second kappa shape index (κ2) is 12.4. The first kappa shape index (κ1) is 29.7. The molecule has 2 saturated heterocycles. The fraction of sp³-hybridized carbons (Fsp3) is 0.605. The van der Waals surface area contributed by atoms with Crippen molar-refractivity contribution in [3.8, 4) is 5.75 Å². The molecule has 3 aliphatic carbocycles. The summed E-state index contributed by atoms with van der Waals surface area (Å²) in [5.74, 6) is 0.527. The van der Waals surface area contributed by atoms with Gasteiger partial charge in [-0.05, 0) is 106 Å². The molecule has 2 aliphatic heterocycles. The minimum absolute atomic E-state index is 0.00141. The Bertz CT molecular complexity index is 1380. The monoisotopic (exact) mass is 596 g/mol. The van der Waals surface area contributed by atoms with Crippen LogP contribution < -0.4 is 4.74 Å². The molecule has 0 spiro atoms. The molecule has 2 bridgehead atoms. The van der Waals surface area contributed by atoms with Crippen molar-refractivity contribution in [2.45, 2.75) is 107 Å². The molecule has 6 heteroatoms. The molecule has 2 saturated carbocycles. The number of rotatable bonds is 8. The van der Waals surface area contributed by atoms with E-state index < -0.39 is 12.0 Å². The molecular weight excluding hydrogens is 548 g/mol. The summed E-state index contributed by atoms with van der Waals surface area (Å²) in [6.07, 6.45) is 13.4. The normalized spacial score (nSPS) is 29.1. The van der Waals surface area contributed by atoms with Crippen molar-refractivity contribution in [2.24, 2.45) is 17.8 Å². The number of fused-ring (bicyclic) bond motifs is 1. The van der Waals surface area contributed by atoms with E-state index in [1.807, 2.05) is 41.3 Å². The van der Waals surface area contributed by atoms with Gasteiger partial charge < -0.3 is 14.5 Å². The SMILES string of the molecule is CN1CC[C@]23CCCC[C@H]2[C@H]1Cc1ccc(OC(=O)C(CC(=O)C2CCCN2C(=O)C2CCCC2)Cc2ccccc2)cc13. The molecule has 44 heavy (non-hydrogen) atoms. The fourth-order valence-electron chi connectivity index (χ4n) is 9.73. The fourth-order valence-corrected chi connectivity index (χ4v) is 9.73. The van der Waals surface area contributed by atoms with E-state index in [4.69, 9.17) is 4.74 Å². The van der Waals surface area contributed by atoms with Crippen molar-refractivity contribution >= 4 is 17.7 Å². The summed E-state index contributed by atoms with van der Waals surface area (Å²) in [6, 6.07) is 16.4. The van der Waals surface area contributed by atoms with Crippen LogP contribution in [0.4, 0.5) is 0 Å². The van der Waals surface area contributed by atoms with Crippen molar-refractivity contribution in [1.29, 1.82) is 0 Å². The van der Waals surface area contributed by atoms with Crippen molar-refractivity contribution in [3.05, 3.63) is 65.2 Å². The van der Waals surface area contributed by atoms with E-state index in [0.717, 1.165) is 57.1 Å². The van der Waals surface area contributed by atoms with Gasteiger partial charge in [-0.25, -0.2) is 0 Å². The standard InChI is InChI=1S/C38H48N2O4/c1-39-21-19-38-18-8-7-14-31(38)34(39)23-28-16-17-30(25-32(28)38)44-37(43)29(22-26-10-3-2-4-11-26)24-35(41)33-15-9-20-40(33)36(42)27-12-5-6-13-27/h2-4,10-11,16-17,25,27,29,31,33-34H,5-9,12-15,18-24H2,1H3/t29?,31-,33?,34+,38+/m0/s1. The van der Waals surface area contributed by atoms with Crippen LogP contribution in [0.5, 0.6) is 5.75 Å².